The van der Waals surface area contributed by atoms with Crippen LogP contribution in [0.4, 0.5) is 0 Å². The van der Waals surface area contributed by atoms with Crippen molar-refractivity contribution in [3.05, 3.63) is 59.9 Å². The smallest absolute Gasteiger partial charge is 0.243 e. The fourth-order valence-electron chi connectivity index (χ4n) is 2.58. The highest BCUT2D eigenvalue weighted by molar-refractivity contribution is 7.89. The lowest BCUT2D eigenvalue weighted by atomic mass is 10.1. The fourth-order valence-corrected chi connectivity index (χ4v) is 4.04. The predicted molar refractivity (Wildman–Crippen MR) is 101 cm³/mol. The lowest BCUT2D eigenvalue weighted by Gasteiger charge is -2.18. The Morgan fingerprint density at radius 2 is 1.77 bits per heavy atom. The van der Waals surface area contributed by atoms with Crippen LogP contribution in [-0.4, -0.2) is 36.7 Å². The number of rotatable bonds is 9. The van der Waals surface area contributed by atoms with Crippen molar-refractivity contribution in [1.82, 2.24) is 14.6 Å². The number of amides is 1. The van der Waals surface area contributed by atoms with Gasteiger partial charge in [0.15, 0.2) is 0 Å². The van der Waals surface area contributed by atoms with E-state index in [1.54, 1.807) is 30.5 Å². The lowest BCUT2D eigenvalue weighted by molar-refractivity contribution is -0.121. The van der Waals surface area contributed by atoms with Crippen LogP contribution in [0.2, 0.25) is 0 Å². The largest absolute Gasteiger partial charge is 0.350 e. The quantitative estimate of drug-likeness (QED) is 0.730. The molecule has 0 aliphatic carbocycles. The summed E-state index contributed by atoms with van der Waals surface area (Å²) in [6.07, 6.45) is 2.59. The van der Waals surface area contributed by atoms with Gasteiger partial charge in [-0.2, -0.15) is 4.31 Å². The van der Waals surface area contributed by atoms with Gasteiger partial charge in [-0.15, -0.1) is 0 Å². The molecule has 2 aromatic rings. The Morgan fingerprint density at radius 3 is 2.35 bits per heavy atom. The molecule has 1 aromatic carbocycles. The van der Waals surface area contributed by atoms with E-state index in [-0.39, 0.29) is 10.8 Å². The molecule has 1 N–H and O–H groups in total. The molecule has 0 aliphatic rings. The number of aryl methyl sites for hydroxylation is 1. The molecule has 26 heavy (non-hydrogen) atoms. The normalized spacial score (nSPS) is 11.5. The number of hydrogen-bond acceptors (Lipinski definition) is 4. The second-order valence-corrected chi connectivity index (χ2v) is 7.77. The number of nitrogens with zero attached hydrogens (tertiary/aromatic N) is 2. The molecule has 0 bridgehead atoms. The van der Waals surface area contributed by atoms with Gasteiger partial charge in [0.1, 0.15) is 0 Å². The minimum atomic E-state index is -3.44. The van der Waals surface area contributed by atoms with Crippen molar-refractivity contribution in [2.24, 2.45) is 0 Å². The number of sulfonamides is 1. The zero-order valence-corrected chi connectivity index (χ0v) is 16.0. The number of pyridine rings is 1. The second kappa shape index (κ2) is 9.45. The summed E-state index contributed by atoms with van der Waals surface area (Å²) in [5, 5.41) is 2.83. The van der Waals surface area contributed by atoms with E-state index >= 15 is 0 Å². The summed E-state index contributed by atoms with van der Waals surface area (Å²) < 4.78 is 26.3. The number of carbonyl (C=O) groups excluding carboxylic acids is 1. The highest BCUT2D eigenvalue weighted by atomic mass is 32.2. The summed E-state index contributed by atoms with van der Waals surface area (Å²) in [6.45, 7) is 4.92. The van der Waals surface area contributed by atoms with Crippen LogP contribution in [0.5, 0.6) is 0 Å². The Balaban J connectivity index is 1.88. The molecule has 140 valence electrons. The van der Waals surface area contributed by atoms with Crippen molar-refractivity contribution in [2.45, 2.75) is 38.1 Å². The molecule has 0 fully saturated rings. The van der Waals surface area contributed by atoms with Gasteiger partial charge in [0.25, 0.3) is 0 Å². The first-order chi connectivity index (χ1) is 12.5. The number of nitrogens with one attached hydrogen (secondary N) is 1. The zero-order chi connectivity index (χ0) is 19.0. The summed E-state index contributed by atoms with van der Waals surface area (Å²) >= 11 is 0. The van der Waals surface area contributed by atoms with Crippen LogP contribution in [0.25, 0.3) is 0 Å². The van der Waals surface area contributed by atoms with Crippen molar-refractivity contribution in [1.29, 1.82) is 0 Å². The van der Waals surface area contributed by atoms with Crippen molar-refractivity contribution in [3.8, 4) is 0 Å². The molecule has 1 amide bonds. The maximum Gasteiger partial charge on any atom is 0.243 e. The summed E-state index contributed by atoms with van der Waals surface area (Å²) in [6, 6.07) is 12.3. The molecule has 0 aliphatic heterocycles. The van der Waals surface area contributed by atoms with Crippen LogP contribution < -0.4 is 5.32 Å². The van der Waals surface area contributed by atoms with Gasteiger partial charge in [0, 0.05) is 25.7 Å². The van der Waals surface area contributed by atoms with E-state index in [9.17, 15) is 13.2 Å². The molecule has 7 heteroatoms. The molecule has 0 radical (unpaired) electrons. The van der Waals surface area contributed by atoms with Gasteiger partial charge < -0.3 is 5.32 Å². The monoisotopic (exact) mass is 375 g/mol. The second-order valence-electron chi connectivity index (χ2n) is 5.83. The van der Waals surface area contributed by atoms with Gasteiger partial charge in [-0.3, -0.25) is 9.78 Å². The van der Waals surface area contributed by atoms with Gasteiger partial charge >= 0.3 is 0 Å². The molecule has 0 atom stereocenters. The standard InChI is InChI=1S/C19H25N3O3S/c1-3-22(4-2)26(24,25)18-11-8-16(9-12-18)10-13-19(23)21-15-17-7-5-6-14-20-17/h5-9,11-12,14H,3-4,10,13,15H2,1-2H3,(H,21,23). The first-order valence-corrected chi connectivity index (χ1v) is 10.2. The van der Waals surface area contributed by atoms with E-state index in [2.05, 4.69) is 10.3 Å². The summed E-state index contributed by atoms with van der Waals surface area (Å²) in [4.78, 5) is 16.4. The Kier molecular flexibility index (Phi) is 7.29. The SMILES string of the molecule is CCN(CC)S(=O)(=O)c1ccc(CCC(=O)NCc2ccccn2)cc1. The molecule has 0 saturated carbocycles. The van der Waals surface area contributed by atoms with Gasteiger partial charge in [-0.1, -0.05) is 32.0 Å². The molecule has 1 aromatic heterocycles. The van der Waals surface area contributed by atoms with Crippen molar-refractivity contribution >= 4 is 15.9 Å². The van der Waals surface area contributed by atoms with Crippen molar-refractivity contribution in [3.63, 3.8) is 0 Å². The molecule has 6 nitrogen and oxygen atoms in total. The summed E-state index contributed by atoms with van der Waals surface area (Å²) in [5.41, 5.74) is 1.74. The minimum Gasteiger partial charge on any atom is -0.350 e. The summed E-state index contributed by atoms with van der Waals surface area (Å²) in [5.74, 6) is -0.0597. The third kappa shape index (κ3) is 5.37. The molecular weight excluding hydrogens is 350 g/mol. The van der Waals surface area contributed by atoms with Crippen molar-refractivity contribution in [2.75, 3.05) is 13.1 Å². The third-order valence-corrected chi connectivity index (χ3v) is 6.16. The van der Waals surface area contributed by atoms with E-state index in [4.69, 9.17) is 0 Å². The predicted octanol–water partition coefficient (Wildman–Crippen LogP) is 2.36. The van der Waals surface area contributed by atoms with Crippen LogP contribution >= 0.6 is 0 Å². The van der Waals surface area contributed by atoms with E-state index < -0.39 is 10.0 Å². The van der Waals surface area contributed by atoms with Crippen molar-refractivity contribution < 1.29 is 13.2 Å². The Morgan fingerprint density at radius 1 is 1.08 bits per heavy atom. The minimum absolute atomic E-state index is 0.0597. The highest BCUT2D eigenvalue weighted by Crippen LogP contribution is 2.16. The number of hydrogen-bond donors (Lipinski definition) is 1. The van der Waals surface area contributed by atoms with Crippen LogP contribution in [0, 0.1) is 0 Å². The topological polar surface area (TPSA) is 79.4 Å². The van der Waals surface area contributed by atoms with Gasteiger partial charge in [0.05, 0.1) is 17.1 Å². The van der Waals surface area contributed by atoms with Crippen LogP contribution in [0.15, 0.2) is 53.6 Å². The fraction of sp³-hybridized carbons (Fsp3) is 0.368. The highest BCUT2D eigenvalue weighted by Gasteiger charge is 2.21. The number of aromatic nitrogens is 1. The van der Waals surface area contributed by atoms with E-state index in [0.717, 1.165) is 11.3 Å². The van der Waals surface area contributed by atoms with E-state index in [0.29, 0.717) is 32.5 Å². The van der Waals surface area contributed by atoms with E-state index in [1.165, 1.54) is 4.31 Å². The zero-order valence-electron chi connectivity index (χ0n) is 15.2. The first-order valence-electron chi connectivity index (χ1n) is 8.73. The maximum atomic E-state index is 12.4. The van der Waals surface area contributed by atoms with Crippen LogP contribution in [0.3, 0.4) is 0 Å². The third-order valence-electron chi connectivity index (χ3n) is 4.10. The van der Waals surface area contributed by atoms with Crippen LogP contribution in [-0.2, 0) is 27.8 Å². The lowest BCUT2D eigenvalue weighted by Crippen LogP contribution is -2.30. The van der Waals surface area contributed by atoms with Gasteiger partial charge in [-0.05, 0) is 36.2 Å². The Hall–Kier alpha value is -2.25. The van der Waals surface area contributed by atoms with Crippen LogP contribution in [0.1, 0.15) is 31.5 Å². The Labute approximate surface area is 155 Å². The Bertz CT molecular complexity index is 802. The maximum absolute atomic E-state index is 12.4. The number of carbonyl (C=O) groups is 1. The molecule has 1 heterocycles. The van der Waals surface area contributed by atoms with Gasteiger partial charge in [0.2, 0.25) is 15.9 Å². The summed E-state index contributed by atoms with van der Waals surface area (Å²) in [7, 11) is -3.44. The number of benzene rings is 1. The first kappa shape index (κ1) is 20.1. The molecule has 0 spiro atoms. The molecule has 0 saturated heterocycles. The molecule has 2 rings (SSSR count). The molecular formula is C19H25N3O3S. The van der Waals surface area contributed by atoms with E-state index in [1.807, 2.05) is 32.0 Å². The average Bonchev–Trinajstić information content (AvgIpc) is 2.66. The van der Waals surface area contributed by atoms with Gasteiger partial charge in [-0.25, -0.2) is 8.42 Å². The average molecular weight is 375 g/mol. The molecule has 0 unspecified atom stereocenters.